The van der Waals surface area contributed by atoms with Crippen molar-refractivity contribution in [3.05, 3.63) is 34.9 Å². The Balaban J connectivity index is 1.97. The Morgan fingerprint density at radius 1 is 1.43 bits per heavy atom. The second-order valence-corrected chi connectivity index (χ2v) is 5.53. The molecular weight excluding hydrogens is 290 g/mol. The molecule has 1 aromatic heterocycles. The molecule has 1 amide bonds. The standard InChI is InChI=1S/C15H16ClN3O2/c1-9-11(16)4-2-10-3-5-13(18-14(9)10)19-6-7-21-12(8-19)15(17)20/h2-5,12H,6-8H2,1H3,(H2,17,20)/t12-/m1/s1. The first-order valence-electron chi connectivity index (χ1n) is 6.78. The number of anilines is 1. The van der Waals surface area contributed by atoms with Crippen molar-refractivity contribution in [3.63, 3.8) is 0 Å². The zero-order valence-electron chi connectivity index (χ0n) is 11.7. The van der Waals surface area contributed by atoms with E-state index in [0.29, 0.717) is 24.7 Å². The Morgan fingerprint density at radius 3 is 2.95 bits per heavy atom. The normalized spacial score (nSPS) is 19.0. The number of fused-ring (bicyclic) bond motifs is 1. The Hall–Kier alpha value is -1.85. The number of ether oxygens (including phenoxy) is 1. The van der Waals surface area contributed by atoms with Gasteiger partial charge in [-0.25, -0.2) is 4.98 Å². The van der Waals surface area contributed by atoms with Gasteiger partial charge in [0.05, 0.1) is 18.7 Å². The van der Waals surface area contributed by atoms with Crippen molar-refractivity contribution in [2.24, 2.45) is 5.73 Å². The molecule has 2 heterocycles. The van der Waals surface area contributed by atoms with Gasteiger partial charge in [0, 0.05) is 17.0 Å². The number of carbonyl (C=O) groups excluding carboxylic acids is 1. The van der Waals surface area contributed by atoms with Crippen molar-refractivity contribution in [3.8, 4) is 0 Å². The number of nitrogens with zero attached hydrogens (tertiary/aromatic N) is 2. The number of nitrogens with two attached hydrogens (primary N) is 1. The number of aryl methyl sites for hydroxylation is 1. The summed E-state index contributed by atoms with van der Waals surface area (Å²) in [5.41, 5.74) is 7.14. The van der Waals surface area contributed by atoms with E-state index in [0.717, 1.165) is 22.3 Å². The van der Waals surface area contributed by atoms with E-state index in [9.17, 15) is 4.79 Å². The minimum atomic E-state index is -0.586. The molecule has 3 rings (SSSR count). The van der Waals surface area contributed by atoms with Gasteiger partial charge < -0.3 is 15.4 Å². The molecule has 1 atom stereocenters. The number of primary amides is 1. The Labute approximate surface area is 127 Å². The highest BCUT2D eigenvalue weighted by molar-refractivity contribution is 6.32. The van der Waals surface area contributed by atoms with Crippen molar-refractivity contribution < 1.29 is 9.53 Å². The molecule has 1 saturated heterocycles. The van der Waals surface area contributed by atoms with Crippen molar-refractivity contribution >= 4 is 34.2 Å². The summed E-state index contributed by atoms with van der Waals surface area (Å²) in [6.07, 6.45) is -0.586. The lowest BCUT2D eigenvalue weighted by molar-refractivity contribution is -0.130. The zero-order valence-corrected chi connectivity index (χ0v) is 12.4. The van der Waals surface area contributed by atoms with Gasteiger partial charge in [-0.15, -0.1) is 0 Å². The van der Waals surface area contributed by atoms with E-state index >= 15 is 0 Å². The average Bonchev–Trinajstić information content (AvgIpc) is 2.51. The van der Waals surface area contributed by atoms with E-state index in [1.165, 1.54) is 0 Å². The first kappa shape index (κ1) is 14.1. The van der Waals surface area contributed by atoms with Gasteiger partial charge in [-0.2, -0.15) is 0 Å². The van der Waals surface area contributed by atoms with Crippen LogP contribution < -0.4 is 10.6 Å². The predicted molar refractivity (Wildman–Crippen MR) is 82.6 cm³/mol. The van der Waals surface area contributed by atoms with Gasteiger partial charge in [0.25, 0.3) is 0 Å². The van der Waals surface area contributed by atoms with Gasteiger partial charge in [-0.1, -0.05) is 17.7 Å². The molecule has 0 unspecified atom stereocenters. The highest BCUT2D eigenvalue weighted by Crippen LogP contribution is 2.26. The van der Waals surface area contributed by atoms with E-state index < -0.39 is 12.0 Å². The van der Waals surface area contributed by atoms with Crippen LogP contribution in [0.15, 0.2) is 24.3 Å². The van der Waals surface area contributed by atoms with Crippen LogP contribution in [0.2, 0.25) is 5.02 Å². The van der Waals surface area contributed by atoms with Crippen LogP contribution in [0, 0.1) is 6.92 Å². The molecule has 1 fully saturated rings. The molecule has 1 aliphatic rings. The summed E-state index contributed by atoms with van der Waals surface area (Å²) >= 11 is 6.16. The summed E-state index contributed by atoms with van der Waals surface area (Å²) < 4.78 is 5.36. The van der Waals surface area contributed by atoms with Gasteiger partial charge in [-0.05, 0) is 30.7 Å². The highest BCUT2D eigenvalue weighted by atomic mass is 35.5. The topological polar surface area (TPSA) is 68.5 Å². The van der Waals surface area contributed by atoms with Crippen molar-refractivity contribution in [2.45, 2.75) is 13.0 Å². The van der Waals surface area contributed by atoms with Gasteiger partial charge >= 0.3 is 0 Å². The lowest BCUT2D eigenvalue weighted by atomic mass is 10.1. The first-order chi connectivity index (χ1) is 10.1. The maximum Gasteiger partial charge on any atom is 0.248 e. The smallest absolute Gasteiger partial charge is 0.248 e. The van der Waals surface area contributed by atoms with Crippen LogP contribution in [0.25, 0.3) is 10.9 Å². The third kappa shape index (κ3) is 2.66. The van der Waals surface area contributed by atoms with Crippen molar-refractivity contribution in [2.75, 3.05) is 24.6 Å². The Kier molecular flexibility index (Phi) is 3.69. The molecule has 1 aliphatic heterocycles. The fourth-order valence-corrected chi connectivity index (χ4v) is 2.65. The fraction of sp³-hybridized carbons (Fsp3) is 0.333. The lowest BCUT2D eigenvalue weighted by Crippen LogP contribution is -2.48. The SMILES string of the molecule is Cc1c(Cl)ccc2ccc(N3CCO[C@@H](C(N)=O)C3)nc12. The second-order valence-electron chi connectivity index (χ2n) is 5.12. The summed E-state index contributed by atoms with van der Waals surface area (Å²) in [6.45, 7) is 3.52. The van der Waals surface area contributed by atoms with E-state index in [1.807, 2.05) is 36.1 Å². The summed E-state index contributed by atoms with van der Waals surface area (Å²) in [5.74, 6) is 0.363. The van der Waals surface area contributed by atoms with Crippen LogP contribution in [0.3, 0.4) is 0 Å². The van der Waals surface area contributed by atoms with Crippen LogP contribution >= 0.6 is 11.6 Å². The van der Waals surface area contributed by atoms with Crippen LogP contribution in [0.5, 0.6) is 0 Å². The Bertz CT molecular complexity index is 705. The minimum Gasteiger partial charge on any atom is -0.367 e. The van der Waals surface area contributed by atoms with E-state index in [4.69, 9.17) is 22.1 Å². The molecule has 1 aromatic carbocycles. The van der Waals surface area contributed by atoms with E-state index in [-0.39, 0.29) is 0 Å². The number of amides is 1. The first-order valence-corrected chi connectivity index (χ1v) is 7.16. The van der Waals surface area contributed by atoms with Crippen LogP contribution in [-0.4, -0.2) is 36.7 Å². The number of hydrogen-bond donors (Lipinski definition) is 1. The molecule has 0 aliphatic carbocycles. The summed E-state index contributed by atoms with van der Waals surface area (Å²) in [7, 11) is 0. The summed E-state index contributed by atoms with van der Waals surface area (Å²) in [5, 5.41) is 1.74. The monoisotopic (exact) mass is 305 g/mol. The number of morpholine rings is 1. The number of aromatic nitrogens is 1. The lowest BCUT2D eigenvalue weighted by Gasteiger charge is -2.32. The van der Waals surface area contributed by atoms with Gasteiger partial charge in [-0.3, -0.25) is 4.79 Å². The molecule has 6 heteroatoms. The number of halogens is 1. The zero-order chi connectivity index (χ0) is 15.0. The number of benzene rings is 1. The van der Waals surface area contributed by atoms with E-state index in [1.54, 1.807) is 0 Å². The maximum atomic E-state index is 11.3. The van der Waals surface area contributed by atoms with Gasteiger partial charge in [0.1, 0.15) is 5.82 Å². The van der Waals surface area contributed by atoms with Gasteiger partial charge in [0.15, 0.2) is 6.10 Å². The highest BCUT2D eigenvalue weighted by Gasteiger charge is 2.25. The van der Waals surface area contributed by atoms with Crippen LogP contribution in [-0.2, 0) is 9.53 Å². The number of hydrogen-bond acceptors (Lipinski definition) is 4. The molecule has 0 bridgehead atoms. The average molecular weight is 306 g/mol. The minimum absolute atomic E-state index is 0.424. The molecule has 5 nitrogen and oxygen atoms in total. The molecule has 110 valence electrons. The third-order valence-corrected chi connectivity index (χ3v) is 4.15. The maximum absolute atomic E-state index is 11.3. The summed E-state index contributed by atoms with van der Waals surface area (Å²) in [4.78, 5) is 18.0. The molecule has 0 saturated carbocycles. The number of carbonyl (C=O) groups is 1. The Morgan fingerprint density at radius 2 is 2.19 bits per heavy atom. The second kappa shape index (κ2) is 5.50. The van der Waals surface area contributed by atoms with Gasteiger partial charge in [0.2, 0.25) is 5.91 Å². The molecule has 0 radical (unpaired) electrons. The van der Waals surface area contributed by atoms with Crippen molar-refractivity contribution in [1.29, 1.82) is 0 Å². The van der Waals surface area contributed by atoms with Crippen molar-refractivity contribution in [1.82, 2.24) is 4.98 Å². The van der Waals surface area contributed by atoms with Crippen LogP contribution in [0.4, 0.5) is 5.82 Å². The molecule has 2 N–H and O–H groups in total. The quantitative estimate of drug-likeness (QED) is 0.920. The van der Waals surface area contributed by atoms with E-state index in [2.05, 4.69) is 4.98 Å². The molecular formula is C15H16ClN3O2. The fourth-order valence-electron chi connectivity index (χ4n) is 2.50. The van der Waals surface area contributed by atoms with Crippen LogP contribution in [0.1, 0.15) is 5.56 Å². The largest absolute Gasteiger partial charge is 0.367 e. The summed E-state index contributed by atoms with van der Waals surface area (Å²) in [6, 6.07) is 7.78. The molecule has 21 heavy (non-hydrogen) atoms. The third-order valence-electron chi connectivity index (χ3n) is 3.74. The molecule has 2 aromatic rings. The number of rotatable bonds is 2. The predicted octanol–water partition coefficient (Wildman–Crippen LogP) is 1.89. The molecule has 0 spiro atoms. The number of pyridine rings is 1.